The number of hydrogen-bond donors (Lipinski definition) is 0. The highest BCUT2D eigenvalue weighted by molar-refractivity contribution is 6.01. The smallest absolute Gasteiger partial charge is 0.326 e. The highest BCUT2D eigenvalue weighted by Crippen LogP contribution is 2.48. The average Bonchev–Trinajstić information content (AvgIpc) is 2.77. The molecule has 0 unspecified atom stereocenters. The van der Waals surface area contributed by atoms with Gasteiger partial charge in [-0.05, 0) is 43.7 Å². The zero-order valence-corrected chi connectivity index (χ0v) is 17.2. The highest BCUT2D eigenvalue weighted by Gasteiger charge is 2.58. The SMILES string of the molecule is COC(=O)C1(C(=O)OC)CC[C@@H](CCc2ccccc2)O[C@H]1c1ccc(C)cc1. The molecule has 5 nitrogen and oxygen atoms in total. The standard InChI is InChI=1S/C24H28O5/c1-17-9-12-19(13-10-17)21-24(22(25)27-2,23(26)28-3)16-15-20(29-21)14-11-18-7-5-4-6-8-18/h4-10,12-13,20-21H,11,14-16H2,1-3H3/t20-,21+/m1/s1. The third kappa shape index (κ3) is 4.35. The minimum atomic E-state index is -1.50. The van der Waals surface area contributed by atoms with E-state index in [1.165, 1.54) is 19.8 Å². The van der Waals surface area contributed by atoms with E-state index in [2.05, 4.69) is 12.1 Å². The van der Waals surface area contributed by atoms with E-state index in [0.717, 1.165) is 24.0 Å². The molecule has 29 heavy (non-hydrogen) atoms. The molecule has 154 valence electrons. The number of esters is 2. The van der Waals surface area contributed by atoms with Gasteiger partial charge in [-0.25, -0.2) is 0 Å². The van der Waals surface area contributed by atoms with Crippen molar-refractivity contribution < 1.29 is 23.8 Å². The van der Waals surface area contributed by atoms with Crippen molar-refractivity contribution in [1.82, 2.24) is 0 Å². The quantitative estimate of drug-likeness (QED) is 0.541. The van der Waals surface area contributed by atoms with Crippen molar-refractivity contribution in [3.63, 3.8) is 0 Å². The Balaban J connectivity index is 1.90. The summed E-state index contributed by atoms with van der Waals surface area (Å²) in [7, 11) is 2.58. The van der Waals surface area contributed by atoms with Crippen LogP contribution in [0.25, 0.3) is 0 Å². The summed E-state index contributed by atoms with van der Waals surface area (Å²) in [6.45, 7) is 1.99. The van der Waals surface area contributed by atoms with Crippen molar-refractivity contribution in [3.05, 3.63) is 71.3 Å². The summed E-state index contributed by atoms with van der Waals surface area (Å²) in [5, 5.41) is 0. The number of aryl methyl sites for hydroxylation is 2. The van der Waals surface area contributed by atoms with E-state index < -0.39 is 23.5 Å². The van der Waals surface area contributed by atoms with Crippen LogP contribution in [0.3, 0.4) is 0 Å². The maximum absolute atomic E-state index is 12.8. The second-order valence-corrected chi connectivity index (χ2v) is 7.57. The van der Waals surface area contributed by atoms with E-state index >= 15 is 0 Å². The Hall–Kier alpha value is -2.66. The monoisotopic (exact) mass is 396 g/mol. The topological polar surface area (TPSA) is 61.8 Å². The van der Waals surface area contributed by atoms with Crippen LogP contribution in [-0.2, 0) is 30.2 Å². The predicted octanol–water partition coefficient (Wildman–Crippen LogP) is 4.18. The number of ether oxygens (including phenoxy) is 3. The van der Waals surface area contributed by atoms with Crippen LogP contribution < -0.4 is 0 Å². The molecule has 2 aromatic rings. The summed E-state index contributed by atoms with van der Waals surface area (Å²) < 4.78 is 16.5. The van der Waals surface area contributed by atoms with Gasteiger partial charge in [0.1, 0.15) is 6.10 Å². The maximum atomic E-state index is 12.8. The van der Waals surface area contributed by atoms with Crippen molar-refractivity contribution >= 4 is 11.9 Å². The van der Waals surface area contributed by atoms with Crippen molar-refractivity contribution in [2.24, 2.45) is 5.41 Å². The normalized spacial score (nSPS) is 20.7. The fourth-order valence-electron chi connectivity index (χ4n) is 4.05. The Morgan fingerprint density at radius 3 is 2.21 bits per heavy atom. The maximum Gasteiger partial charge on any atom is 0.326 e. The lowest BCUT2D eigenvalue weighted by Gasteiger charge is -2.42. The third-order valence-corrected chi connectivity index (χ3v) is 5.71. The molecule has 1 heterocycles. The van der Waals surface area contributed by atoms with Gasteiger partial charge < -0.3 is 14.2 Å². The van der Waals surface area contributed by atoms with Crippen LogP contribution in [0.5, 0.6) is 0 Å². The first kappa shape index (κ1) is 21.1. The van der Waals surface area contributed by atoms with Crippen LogP contribution in [0.4, 0.5) is 0 Å². The summed E-state index contributed by atoms with van der Waals surface area (Å²) in [4.78, 5) is 25.6. The van der Waals surface area contributed by atoms with Crippen LogP contribution in [-0.4, -0.2) is 32.3 Å². The molecular formula is C24H28O5. The molecule has 1 aliphatic heterocycles. The zero-order chi connectivity index (χ0) is 20.9. The second-order valence-electron chi connectivity index (χ2n) is 7.57. The van der Waals surface area contributed by atoms with Crippen molar-refractivity contribution in [2.45, 2.75) is 44.8 Å². The van der Waals surface area contributed by atoms with Crippen LogP contribution >= 0.6 is 0 Å². The van der Waals surface area contributed by atoms with E-state index in [0.29, 0.717) is 12.8 Å². The third-order valence-electron chi connectivity index (χ3n) is 5.71. The van der Waals surface area contributed by atoms with E-state index in [9.17, 15) is 9.59 Å². The summed E-state index contributed by atoms with van der Waals surface area (Å²) in [5.41, 5.74) is 1.60. The van der Waals surface area contributed by atoms with Crippen molar-refractivity contribution in [3.8, 4) is 0 Å². The highest BCUT2D eigenvalue weighted by atomic mass is 16.6. The van der Waals surface area contributed by atoms with Gasteiger partial charge in [-0.15, -0.1) is 0 Å². The molecule has 0 bridgehead atoms. The first-order valence-electron chi connectivity index (χ1n) is 9.94. The van der Waals surface area contributed by atoms with Gasteiger partial charge in [0.15, 0.2) is 5.41 Å². The first-order valence-corrected chi connectivity index (χ1v) is 9.94. The van der Waals surface area contributed by atoms with Crippen molar-refractivity contribution in [1.29, 1.82) is 0 Å². The van der Waals surface area contributed by atoms with Crippen LogP contribution in [0.2, 0.25) is 0 Å². The molecule has 5 heteroatoms. The molecule has 2 aromatic carbocycles. The lowest BCUT2D eigenvalue weighted by molar-refractivity contribution is -0.198. The summed E-state index contributed by atoms with van der Waals surface area (Å²) in [6.07, 6.45) is 1.77. The Morgan fingerprint density at radius 2 is 1.62 bits per heavy atom. The summed E-state index contributed by atoms with van der Waals surface area (Å²) in [5.74, 6) is -1.23. The van der Waals surface area contributed by atoms with Crippen LogP contribution in [0.1, 0.15) is 42.1 Å². The molecule has 3 rings (SSSR count). The average molecular weight is 396 g/mol. The fraction of sp³-hybridized carbons (Fsp3) is 0.417. The zero-order valence-electron chi connectivity index (χ0n) is 17.2. The number of carbonyl (C=O) groups excluding carboxylic acids is 2. The summed E-state index contributed by atoms with van der Waals surface area (Å²) >= 11 is 0. The van der Waals surface area contributed by atoms with Gasteiger partial charge >= 0.3 is 11.9 Å². The Bertz CT molecular complexity index is 812. The number of methoxy groups -OCH3 is 2. The molecule has 2 atom stereocenters. The molecule has 0 amide bonds. The second kappa shape index (κ2) is 9.23. The van der Waals surface area contributed by atoms with Gasteiger partial charge in [-0.1, -0.05) is 60.2 Å². The molecule has 1 aliphatic rings. The molecule has 0 radical (unpaired) electrons. The lowest BCUT2D eigenvalue weighted by atomic mass is 9.72. The number of benzene rings is 2. The molecular weight excluding hydrogens is 368 g/mol. The van der Waals surface area contributed by atoms with Crippen LogP contribution in [0, 0.1) is 12.3 Å². The lowest BCUT2D eigenvalue weighted by Crippen LogP contribution is -2.51. The number of rotatable bonds is 6. The molecule has 0 N–H and O–H groups in total. The fourth-order valence-corrected chi connectivity index (χ4v) is 4.05. The molecule has 1 fully saturated rings. The predicted molar refractivity (Wildman–Crippen MR) is 109 cm³/mol. The Kier molecular flexibility index (Phi) is 6.70. The van der Waals surface area contributed by atoms with Gasteiger partial charge in [0.2, 0.25) is 0 Å². The van der Waals surface area contributed by atoms with E-state index in [1.807, 2.05) is 49.4 Å². The van der Waals surface area contributed by atoms with Gasteiger partial charge in [-0.3, -0.25) is 9.59 Å². The molecule has 0 spiro atoms. The number of carbonyl (C=O) groups is 2. The first-order chi connectivity index (χ1) is 14.0. The Morgan fingerprint density at radius 1 is 1.00 bits per heavy atom. The van der Waals surface area contributed by atoms with Gasteiger partial charge in [0, 0.05) is 0 Å². The molecule has 1 saturated heterocycles. The minimum absolute atomic E-state index is 0.0658. The van der Waals surface area contributed by atoms with Crippen molar-refractivity contribution in [2.75, 3.05) is 14.2 Å². The Labute approximate surface area is 172 Å². The van der Waals surface area contributed by atoms with Crippen LogP contribution in [0.15, 0.2) is 54.6 Å². The van der Waals surface area contributed by atoms with Gasteiger partial charge in [0.25, 0.3) is 0 Å². The molecule has 0 aromatic heterocycles. The number of hydrogen-bond acceptors (Lipinski definition) is 5. The largest absolute Gasteiger partial charge is 0.468 e. The van der Waals surface area contributed by atoms with E-state index in [4.69, 9.17) is 14.2 Å². The van der Waals surface area contributed by atoms with E-state index in [-0.39, 0.29) is 6.10 Å². The van der Waals surface area contributed by atoms with Gasteiger partial charge in [-0.2, -0.15) is 0 Å². The van der Waals surface area contributed by atoms with E-state index in [1.54, 1.807) is 0 Å². The van der Waals surface area contributed by atoms with Gasteiger partial charge in [0.05, 0.1) is 20.3 Å². The minimum Gasteiger partial charge on any atom is -0.468 e. The molecule has 0 saturated carbocycles. The summed E-state index contributed by atoms with van der Waals surface area (Å²) in [6, 6.07) is 17.9. The molecule has 0 aliphatic carbocycles.